The number of aryl methyl sites for hydroxylation is 1. The molecule has 2 N–H and O–H groups in total. The van der Waals surface area contributed by atoms with Crippen LogP contribution in [0, 0.1) is 6.92 Å². The molecule has 10 heteroatoms. The van der Waals surface area contributed by atoms with Crippen molar-refractivity contribution >= 4 is 34.7 Å². The van der Waals surface area contributed by atoms with Gasteiger partial charge in [0.1, 0.15) is 16.7 Å². The first-order valence-corrected chi connectivity index (χ1v) is 9.91. The second-order valence-corrected chi connectivity index (χ2v) is 8.18. The number of hydrogen-bond acceptors (Lipinski definition) is 10. The lowest BCUT2D eigenvalue weighted by Gasteiger charge is -2.31. The molecule has 0 spiro atoms. The molecule has 3 unspecified atom stereocenters. The Balaban J connectivity index is 2.05. The summed E-state index contributed by atoms with van der Waals surface area (Å²) >= 11 is 0.975. The Bertz CT molecular complexity index is 1060. The standard InChI is InChI=1S/C20H22O9S/c1-9-5-12(26-2)15-13(6-9)29-18-10(16(15)22)7-14(30-18)20(25,19(24)28-4)8-11(21)17(23)27-3/h5-6,11,14,21,25H,7-8H2,1-4H3. The first-order chi connectivity index (χ1) is 14.2. The normalized spacial score (nSPS) is 18.4. The molecule has 0 fully saturated rings. The molecular formula is C20H22O9S. The van der Waals surface area contributed by atoms with Crippen LogP contribution in [0.1, 0.15) is 17.5 Å². The monoisotopic (exact) mass is 438 g/mol. The maximum Gasteiger partial charge on any atom is 0.339 e. The van der Waals surface area contributed by atoms with Crippen LogP contribution in [0.3, 0.4) is 0 Å². The Hall–Kier alpha value is -2.56. The number of ether oxygens (including phenoxy) is 3. The quantitative estimate of drug-likeness (QED) is 0.628. The fraction of sp³-hybridized carbons (Fsp3) is 0.450. The second kappa shape index (κ2) is 8.29. The van der Waals surface area contributed by atoms with Crippen LogP contribution in [0.2, 0.25) is 0 Å². The third-order valence-electron chi connectivity index (χ3n) is 5.07. The smallest absolute Gasteiger partial charge is 0.339 e. The third kappa shape index (κ3) is 3.66. The van der Waals surface area contributed by atoms with E-state index in [-0.39, 0.29) is 27.9 Å². The molecule has 1 aliphatic rings. The Labute approximate surface area is 175 Å². The number of rotatable bonds is 6. The van der Waals surface area contributed by atoms with Gasteiger partial charge in [0.05, 0.1) is 32.1 Å². The number of carbonyl (C=O) groups is 2. The van der Waals surface area contributed by atoms with Crippen LogP contribution < -0.4 is 10.2 Å². The van der Waals surface area contributed by atoms with Crippen LogP contribution in [0.4, 0.5) is 0 Å². The van der Waals surface area contributed by atoms with Gasteiger partial charge in [0, 0.05) is 6.42 Å². The summed E-state index contributed by atoms with van der Waals surface area (Å²) in [6.45, 7) is 1.83. The molecule has 2 aromatic rings. The minimum Gasteiger partial charge on any atom is -0.496 e. The number of carbonyl (C=O) groups excluding carboxylic acids is 2. The van der Waals surface area contributed by atoms with E-state index in [1.165, 1.54) is 7.11 Å². The zero-order valence-electron chi connectivity index (χ0n) is 16.9. The van der Waals surface area contributed by atoms with Crippen LogP contribution >= 0.6 is 11.8 Å². The van der Waals surface area contributed by atoms with Gasteiger partial charge in [-0.1, -0.05) is 11.8 Å². The summed E-state index contributed by atoms with van der Waals surface area (Å²) in [5, 5.41) is 20.7. The van der Waals surface area contributed by atoms with E-state index in [2.05, 4.69) is 4.74 Å². The van der Waals surface area contributed by atoms with Gasteiger partial charge in [-0.25, -0.2) is 9.59 Å². The number of aliphatic hydroxyl groups excluding tert-OH is 1. The van der Waals surface area contributed by atoms with Crippen molar-refractivity contribution in [3.05, 3.63) is 33.5 Å². The maximum atomic E-state index is 13.1. The topological polar surface area (TPSA) is 133 Å². The summed E-state index contributed by atoms with van der Waals surface area (Å²) in [7, 11) is 3.60. The number of esters is 2. The van der Waals surface area contributed by atoms with E-state index < -0.39 is 35.3 Å². The van der Waals surface area contributed by atoms with Crippen molar-refractivity contribution in [2.24, 2.45) is 0 Å². The van der Waals surface area contributed by atoms with E-state index in [1.54, 1.807) is 12.1 Å². The summed E-state index contributed by atoms with van der Waals surface area (Å²) < 4.78 is 20.4. The summed E-state index contributed by atoms with van der Waals surface area (Å²) in [6, 6.07) is 3.41. The second-order valence-electron chi connectivity index (χ2n) is 7.01. The number of methoxy groups -OCH3 is 3. The molecule has 0 radical (unpaired) electrons. The molecule has 0 bridgehead atoms. The molecule has 0 saturated heterocycles. The SMILES string of the molecule is COC(=O)C(O)CC(O)(C(=O)OC)C1Cc2c(oc3cc(C)cc(OC)c3c2=O)S1. The van der Waals surface area contributed by atoms with E-state index in [0.29, 0.717) is 11.3 Å². The number of aliphatic hydroxyl groups is 2. The minimum atomic E-state index is -2.26. The summed E-state index contributed by atoms with van der Waals surface area (Å²) in [5.41, 5.74) is -1.18. The average molecular weight is 438 g/mol. The summed E-state index contributed by atoms with van der Waals surface area (Å²) in [6.07, 6.45) is -2.45. The third-order valence-corrected chi connectivity index (χ3v) is 6.45. The molecule has 1 aromatic heterocycles. The largest absolute Gasteiger partial charge is 0.496 e. The van der Waals surface area contributed by atoms with Gasteiger partial charge in [-0.3, -0.25) is 4.79 Å². The van der Waals surface area contributed by atoms with Crippen LogP contribution in [0.15, 0.2) is 26.4 Å². The Morgan fingerprint density at radius 3 is 2.60 bits per heavy atom. The van der Waals surface area contributed by atoms with Gasteiger partial charge in [-0.15, -0.1) is 0 Å². The van der Waals surface area contributed by atoms with Crippen molar-refractivity contribution in [2.45, 2.75) is 41.8 Å². The number of hydrogen-bond donors (Lipinski definition) is 2. The van der Waals surface area contributed by atoms with Gasteiger partial charge >= 0.3 is 11.9 Å². The van der Waals surface area contributed by atoms with E-state index >= 15 is 0 Å². The first-order valence-electron chi connectivity index (χ1n) is 9.04. The molecule has 3 rings (SSSR count). The summed E-state index contributed by atoms with van der Waals surface area (Å²) in [4.78, 5) is 37.2. The van der Waals surface area contributed by atoms with Crippen molar-refractivity contribution in [1.29, 1.82) is 0 Å². The Kier molecular flexibility index (Phi) is 6.11. The fourth-order valence-corrected chi connectivity index (χ4v) is 4.87. The minimum absolute atomic E-state index is 0.0329. The maximum absolute atomic E-state index is 13.1. The highest BCUT2D eigenvalue weighted by atomic mass is 32.2. The predicted molar refractivity (Wildman–Crippen MR) is 107 cm³/mol. The molecule has 0 saturated carbocycles. The Morgan fingerprint density at radius 2 is 2.00 bits per heavy atom. The van der Waals surface area contributed by atoms with Gasteiger partial charge in [0.25, 0.3) is 0 Å². The van der Waals surface area contributed by atoms with Gasteiger partial charge < -0.3 is 28.8 Å². The van der Waals surface area contributed by atoms with Gasteiger partial charge in [-0.2, -0.15) is 0 Å². The van der Waals surface area contributed by atoms with Gasteiger partial charge in [0.15, 0.2) is 16.8 Å². The van der Waals surface area contributed by atoms with E-state index in [0.717, 1.165) is 31.5 Å². The van der Waals surface area contributed by atoms with Crippen molar-refractivity contribution in [3.63, 3.8) is 0 Å². The lowest BCUT2D eigenvalue weighted by molar-refractivity contribution is -0.169. The predicted octanol–water partition coefficient (Wildman–Crippen LogP) is 0.955. The average Bonchev–Trinajstić information content (AvgIpc) is 3.16. The lowest BCUT2D eigenvalue weighted by Crippen LogP contribution is -2.52. The van der Waals surface area contributed by atoms with Crippen LogP contribution in [-0.2, 0) is 25.5 Å². The van der Waals surface area contributed by atoms with Crippen molar-refractivity contribution in [2.75, 3.05) is 21.3 Å². The molecule has 162 valence electrons. The highest BCUT2D eigenvalue weighted by molar-refractivity contribution is 8.00. The lowest BCUT2D eigenvalue weighted by atomic mass is 9.88. The zero-order chi connectivity index (χ0) is 22.2. The van der Waals surface area contributed by atoms with Crippen LogP contribution in [0.25, 0.3) is 11.0 Å². The molecular weight excluding hydrogens is 416 g/mol. The molecule has 9 nitrogen and oxygen atoms in total. The van der Waals surface area contributed by atoms with E-state index in [4.69, 9.17) is 13.9 Å². The van der Waals surface area contributed by atoms with Crippen LogP contribution in [-0.4, -0.2) is 60.4 Å². The molecule has 0 amide bonds. The number of thioether (sulfide) groups is 1. The fourth-order valence-electron chi connectivity index (χ4n) is 3.52. The number of fused-ring (bicyclic) bond motifs is 2. The zero-order valence-corrected chi connectivity index (χ0v) is 17.7. The summed E-state index contributed by atoms with van der Waals surface area (Å²) in [5.74, 6) is -1.68. The van der Waals surface area contributed by atoms with Gasteiger partial charge in [0.2, 0.25) is 5.43 Å². The molecule has 1 aromatic carbocycles. The molecule has 1 aliphatic heterocycles. The molecule has 30 heavy (non-hydrogen) atoms. The highest BCUT2D eigenvalue weighted by Gasteiger charge is 2.51. The van der Waals surface area contributed by atoms with Crippen molar-refractivity contribution in [1.82, 2.24) is 0 Å². The first kappa shape index (κ1) is 22.1. The van der Waals surface area contributed by atoms with Gasteiger partial charge in [-0.05, 0) is 31.0 Å². The molecule has 3 atom stereocenters. The van der Waals surface area contributed by atoms with E-state index in [1.807, 2.05) is 6.92 Å². The van der Waals surface area contributed by atoms with E-state index in [9.17, 15) is 24.6 Å². The highest BCUT2D eigenvalue weighted by Crippen LogP contribution is 2.44. The Morgan fingerprint density at radius 1 is 1.30 bits per heavy atom. The van der Waals surface area contributed by atoms with Crippen molar-refractivity contribution in [3.8, 4) is 5.75 Å². The van der Waals surface area contributed by atoms with Crippen LogP contribution in [0.5, 0.6) is 5.75 Å². The number of benzene rings is 1. The molecule has 0 aliphatic carbocycles. The molecule has 2 heterocycles. The van der Waals surface area contributed by atoms with Crippen molar-refractivity contribution < 1.29 is 38.4 Å².